The quantitative estimate of drug-likeness (QED) is 0.661. The highest BCUT2D eigenvalue weighted by atomic mass is 16.5. The molecule has 0 bridgehead atoms. The SMILES string of the molecule is CC(=O)C1CCN(C(=O)[C@@H](COCc2ccccc2)NC(=O)Nc2cccc(C)c2)CC1. The maximum atomic E-state index is 13.2. The predicted molar refractivity (Wildman–Crippen MR) is 123 cm³/mol. The second-order valence-corrected chi connectivity index (χ2v) is 8.23. The number of nitrogens with one attached hydrogen (secondary N) is 2. The van der Waals surface area contributed by atoms with Crippen LogP contribution in [0.15, 0.2) is 54.6 Å². The van der Waals surface area contributed by atoms with E-state index in [-0.39, 0.29) is 24.2 Å². The Kier molecular flexibility index (Phi) is 8.39. The molecule has 2 N–H and O–H groups in total. The fourth-order valence-electron chi connectivity index (χ4n) is 3.82. The molecule has 7 heteroatoms. The minimum atomic E-state index is -0.822. The van der Waals surface area contributed by atoms with E-state index in [0.717, 1.165) is 11.1 Å². The van der Waals surface area contributed by atoms with Crippen molar-refractivity contribution >= 4 is 23.4 Å². The lowest BCUT2D eigenvalue weighted by Crippen LogP contribution is -2.53. The van der Waals surface area contributed by atoms with Crippen LogP contribution in [0.4, 0.5) is 10.5 Å². The van der Waals surface area contributed by atoms with Crippen molar-refractivity contribution in [3.63, 3.8) is 0 Å². The lowest BCUT2D eigenvalue weighted by molar-refractivity contribution is -0.137. The molecule has 7 nitrogen and oxygen atoms in total. The number of aryl methyl sites for hydroxylation is 1. The Morgan fingerprint density at radius 1 is 1.06 bits per heavy atom. The molecule has 0 unspecified atom stereocenters. The Morgan fingerprint density at radius 2 is 1.78 bits per heavy atom. The third kappa shape index (κ3) is 6.92. The van der Waals surface area contributed by atoms with Crippen LogP contribution in [0, 0.1) is 12.8 Å². The average Bonchev–Trinajstić information content (AvgIpc) is 2.78. The first-order valence-corrected chi connectivity index (χ1v) is 11.0. The number of hydrogen-bond acceptors (Lipinski definition) is 4. The summed E-state index contributed by atoms with van der Waals surface area (Å²) >= 11 is 0. The monoisotopic (exact) mass is 437 g/mol. The van der Waals surface area contributed by atoms with Gasteiger partial charge in [-0.3, -0.25) is 9.59 Å². The van der Waals surface area contributed by atoms with Gasteiger partial charge in [-0.15, -0.1) is 0 Å². The number of nitrogens with zero attached hydrogens (tertiary/aromatic N) is 1. The zero-order chi connectivity index (χ0) is 22.9. The molecule has 0 saturated carbocycles. The summed E-state index contributed by atoms with van der Waals surface area (Å²) in [7, 11) is 0. The number of piperidine rings is 1. The number of hydrogen-bond donors (Lipinski definition) is 2. The fraction of sp³-hybridized carbons (Fsp3) is 0.400. The van der Waals surface area contributed by atoms with Crippen molar-refractivity contribution < 1.29 is 19.1 Å². The number of urea groups is 1. The van der Waals surface area contributed by atoms with E-state index in [2.05, 4.69) is 10.6 Å². The second kappa shape index (κ2) is 11.4. The molecule has 0 spiro atoms. The first kappa shape index (κ1) is 23.5. The van der Waals surface area contributed by atoms with Crippen LogP contribution < -0.4 is 10.6 Å². The van der Waals surface area contributed by atoms with Gasteiger partial charge in [0.15, 0.2) is 0 Å². The van der Waals surface area contributed by atoms with Crippen molar-refractivity contribution in [3.05, 3.63) is 65.7 Å². The first-order valence-electron chi connectivity index (χ1n) is 11.0. The van der Waals surface area contributed by atoms with Gasteiger partial charge in [-0.05, 0) is 49.9 Å². The molecular formula is C25H31N3O4. The summed E-state index contributed by atoms with van der Waals surface area (Å²) in [5.41, 5.74) is 2.67. The Labute approximate surface area is 189 Å². The molecule has 1 aliphatic heterocycles. The molecule has 1 saturated heterocycles. The third-order valence-corrected chi connectivity index (χ3v) is 5.66. The van der Waals surface area contributed by atoms with Crippen molar-refractivity contribution in [1.29, 1.82) is 0 Å². The molecule has 1 heterocycles. The number of carbonyl (C=O) groups excluding carboxylic acids is 3. The average molecular weight is 438 g/mol. The number of Topliss-reactive ketones (excluding diaryl/α,β-unsaturated/α-hetero) is 1. The van der Waals surface area contributed by atoms with Crippen molar-refractivity contribution in [1.82, 2.24) is 10.2 Å². The van der Waals surface area contributed by atoms with Crippen molar-refractivity contribution in [2.24, 2.45) is 5.92 Å². The highest BCUT2D eigenvalue weighted by molar-refractivity contribution is 5.94. The number of carbonyl (C=O) groups is 3. The molecule has 3 amide bonds. The fourth-order valence-corrected chi connectivity index (χ4v) is 3.82. The second-order valence-electron chi connectivity index (χ2n) is 8.23. The Hall–Kier alpha value is -3.19. The van der Waals surface area contributed by atoms with Gasteiger partial charge in [0.2, 0.25) is 5.91 Å². The standard InChI is InChI=1S/C25H31N3O4/c1-18-7-6-10-22(15-18)26-25(31)27-23(17-32-16-20-8-4-3-5-9-20)24(30)28-13-11-21(12-14-28)19(2)29/h3-10,15,21,23H,11-14,16-17H2,1-2H3,(H2,26,27,31)/t23-/m1/s1. The summed E-state index contributed by atoms with van der Waals surface area (Å²) in [5.74, 6) is -0.0284. The Morgan fingerprint density at radius 3 is 2.44 bits per heavy atom. The van der Waals surface area contributed by atoms with E-state index in [1.54, 1.807) is 17.9 Å². The van der Waals surface area contributed by atoms with E-state index in [1.165, 1.54) is 0 Å². The largest absolute Gasteiger partial charge is 0.374 e. The molecular weight excluding hydrogens is 406 g/mol. The number of ketones is 1. The van der Waals surface area contributed by atoms with E-state index >= 15 is 0 Å². The van der Waals surface area contributed by atoms with Crippen LogP contribution in [0.1, 0.15) is 30.9 Å². The third-order valence-electron chi connectivity index (χ3n) is 5.66. The summed E-state index contributed by atoms with van der Waals surface area (Å²) in [6, 6.07) is 15.8. The molecule has 1 atom stereocenters. The maximum absolute atomic E-state index is 13.2. The summed E-state index contributed by atoms with van der Waals surface area (Å²) < 4.78 is 5.78. The zero-order valence-electron chi connectivity index (χ0n) is 18.7. The summed E-state index contributed by atoms with van der Waals surface area (Å²) in [6.45, 7) is 4.94. The summed E-state index contributed by atoms with van der Waals surface area (Å²) in [4.78, 5) is 39.1. The topological polar surface area (TPSA) is 87.7 Å². The number of ether oxygens (including phenoxy) is 1. The van der Waals surface area contributed by atoms with E-state index in [9.17, 15) is 14.4 Å². The van der Waals surface area contributed by atoms with Gasteiger partial charge in [0.05, 0.1) is 13.2 Å². The number of likely N-dealkylation sites (tertiary alicyclic amines) is 1. The van der Waals surface area contributed by atoms with Crippen LogP contribution in [-0.2, 0) is 20.9 Å². The van der Waals surface area contributed by atoms with Crippen LogP contribution >= 0.6 is 0 Å². The van der Waals surface area contributed by atoms with Gasteiger partial charge in [-0.1, -0.05) is 42.5 Å². The van der Waals surface area contributed by atoms with E-state index in [4.69, 9.17) is 4.74 Å². The molecule has 170 valence electrons. The number of benzene rings is 2. The number of amides is 3. The van der Waals surface area contributed by atoms with E-state index < -0.39 is 12.1 Å². The zero-order valence-corrected chi connectivity index (χ0v) is 18.7. The van der Waals surface area contributed by atoms with Crippen LogP contribution in [-0.4, -0.2) is 48.4 Å². The normalized spacial score (nSPS) is 15.1. The number of rotatable bonds is 8. The lowest BCUT2D eigenvalue weighted by atomic mass is 9.93. The minimum absolute atomic E-state index is 0.00408. The van der Waals surface area contributed by atoms with E-state index in [0.29, 0.717) is 38.2 Å². The highest BCUT2D eigenvalue weighted by Crippen LogP contribution is 2.19. The minimum Gasteiger partial charge on any atom is -0.374 e. The van der Waals surface area contributed by atoms with Gasteiger partial charge < -0.3 is 20.3 Å². The molecule has 0 aromatic heterocycles. The molecule has 0 aliphatic carbocycles. The van der Waals surface area contributed by atoms with Gasteiger partial charge in [0, 0.05) is 24.7 Å². The molecule has 1 aliphatic rings. The molecule has 2 aromatic carbocycles. The van der Waals surface area contributed by atoms with Crippen LogP contribution in [0.5, 0.6) is 0 Å². The molecule has 32 heavy (non-hydrogen) atoms. The van der Waals surface area contributed by atoms with Crippen molar-refractivity contribution in [3.8, 4) is 0 Å². The van der Waals surface area contributed by atoms with Gasteiger partial charge in [-0.25, -0.2) is 4.79 Å². The number of anilines is 1. The smallest absolute Gasteiger partial charge is 0.319 e. The Bertz CT molecular complexity index is 924. The van der Waals surface area contributed by atoms with E-state index in [1.807, 2.05) is 55.5 Å². The van der Waals surface area contributed by atoms with Crippen molar-refractivity contribution in [2.45, 2.75) is 39.3 Å². The van der Waals surface area contributed by atoms with Gasteiger partial charge in [0.25, 0.3) is 0 Å². The van der Waals surface area contributed by atoms with Crippen LogP contribution in [0.3, 0.4) is 0 Å². The maximum Gasteiger partial charge on any atom is 0.319 e. The Balaban J connectivity index is 1.62. The summed E-state index contributed by atoms with van der Waals surface area (Å²) in [6.07, 6.45) is 1.29. The highest BCUT2D eigenvalue weighted by Gasteiger charge is 2.30. The first-order chi connectivity index (χ1) is 15.4. The lowest BCUT2D eigenvalue weighted by Gasteiger charge is -2.33. The van der Waals surface area contributed by atoms with Crippen molar-refractivity contribution in [2.75, 3.05) is 25.0 Å². The van der Waals surface area contributed by atoms with Gasteiger partial charge in [0.1, 0.15) is 11.8 Å². The predicted octanol–water partition coefficient (Wildman–Crippen LogP) is 3.53. The molecule has 1 fully saturated rings. The molecule has 2 aromatic rings. The molecule has 0 radical (unpaired) electrons. The van der Waals surface area contributed by atoms with Gasteiger partial charge in [-0.2, -0.15) is 0 Å². The van der Waals surface area contributed by atoms with Crippen LogP contribution in [0.2, 0.25) is 0 Å². The van der Waals surface area contributed by atoms with Gasteiger partial charge >= 0.3 is 6.03 Å². The summed E-state index contributed by atoms with van der Waals surface area (Å²) in [5, 5.41) is 5.55. The molecule has 3 rings (SSSR count). The van der Waals surface area contributed by atoms with Crippen LogP contribution in [0.25, 0.3) is 0 Å².